The normalized spacial score (nSPS) is 11.5. The summed E-state index contributed by atoms with van der Waals surface area (Å²) in [6, 6.07) is 8.36. The van der Waals surface area contributed by atoms with Crippen molar-refractivity contribution < 1.29 is 22.3 Å². The summed E-state index contributed by atoms with van der Waals surface area (Å²) < 4.78 is 46.2. The molecule has 8 heteroatoms. The molecular weight excluding hydrogens is 383 g/mol. The molecule has 0 aliphatic heterocycles. The van der Waals surface area contributed by atoms with Gasteiger partial charge in [0, 0.05) is 24.3 Å². The lowest BCUT2D eigenvalue weighted by molar-refractivity contribution is 0.102. The van der Waals surface area contributed by atoms with Gasteiger partial charge in [0.1, 0.15) is 16.5 Å². The van der Waals surface area contributed by atoms with Crippen LogP contribution in [0.5, 0.6) is 5.75 Å². The third-order valence-corrected chi connectivity index (χ3v) is 6.34. The number of hydrogen-bond acceptors (Lipinski definition) is 4. The predicted octanol–water partition coefficient (Wildman–Crippen LogP) is 3.82. The van der Waals surface area contributed by atoms with E-state index in [1.54, 1.807) is 33.8 Å². The molecule has 2 rings (SSSR count). The highest BCUT2D eigenvalue weighted by Gasteiger charge is 2.26. The van der Waals surface area contributed by atoms with E-state index in [-0.39, 0.29) is 21.9 Å². The fraction of sp³-hybridized carbons (Fsp3) is 0.350. The quantitative estimate of drug-likeness (QED) is 0.721. The van der Waals surface area contributed by atoms with Crippen LogP contribution in [0.1, 0.15) is 36.7 Å². The van der Waals surface area contributed by atoms with Gasteiger partial charge in [-0.15, -0.1) is 0 Å². The zero-order valence-corrected chi connectivity index (χ0v) is 17.3. The fourth-order valence-corrected chi connectivity index (χ4v) is 4.42. The van der Waals surface area contributed by atoms with E-state index in [1.807, 2.05) is 0 Å². The van der Waals surface area contributed by atoms with Crippen LogP contribution in [0.15, 0.2) is 41.3 Å². The third-order valence-electron chi connectivity index (χ3n) is 4.27. The second-order valence-electron chi connectivity index (χ2n) is 6.10. The molecule has 0 aliphatic rings. The van der Waals surface area contributed by atoms with Gasteiger partial charge in [-0.05, 0) is 49.7 Å². The summed E-state index contributed by atoms with van der Waals surface area (Å²) in [4.78, 5) is 12.5. The van der Waals surface area contributed by atoms with E-state index >= 15 is 0 Å². The number of carbonyl (C=O) groups excluding carboxylic acids is 1. The Labute approximate surface area is 165 Å². The molecule has 0 aromatic heterocycles. The molecule has 2 aromatic carbocycles. The average Bonchev–Trinajstić information content (AvgIpc) is 2.65. The minimum Gasteiger partial charge on any atom is -0.492 e. The maximum Gasteiger partial charge on any atom is 0.256 e. The molecule has 6 nitrogen and oxygen atoms in total. The molecule has 0 bridgehead atoms. The molecule has 0 radical (unpaired) electrons. The molecule has 0 spiro atoms. The molecular formula is C20H25FN2O4S. The molecule has 152 valence electrons. The monoisotopic (exact) mass is 408 g/mol. The first kappa shape index (κ1) is 21.8. The lowest BCUT2D eigenvalue weighted by Gasteiger charge is -2.21. The SMILES string of the molecule is CCOc1ccc(NC(=O)c2cc(F)ccc2C)cc1S(=O)(=O)N(CC)CC. The van der Waals surface area contributed by atoms with Crippen molar-refractivity contribution >= 4 is 21.6 Å². The third kappa shape index (κ3) is 4.69. The summed E-state index contributed by atoms with van der Waals surface area (Å²) in [6.45, 7) is 7.88. The maximum absolute atomic E-state index is 13.5. The van der Waals surface area contributed by atoms with Crippen molar-refractivity contribution in [2.45, 2.75) is 32.6 Å². The van der Waals surface area contributed by atoms with Crippen molar-refractivity contribution in [3.63, 3.8) is 0 Å². The summed E-state index contributed by atoms with van der Waals surface area (Å²) in [5.74, 6) is -0.825. The molecule has 1 amide bonds. The number of carbonyl (C=O) groups is 1. The Morgan fingerprint density at radius 3 is 2.39 bits per heavy atom. The number of anilines is 1. The van der Waals surface area contributed by atoms with Crippen LogP contribution in [-0.2, 0) is 10.0 Å². The van der Waals surface area contributed by atoms with Gasteiger partial charge in [0.2, 0.25) is 10.0 Å². The van der Waals surface area contributed by atoms with E-state index in [0.29, 0.717) is 25.3 Å². The van der Waals surface area contributed by atoms with Crippen LogP contribution >= 0.6 is 0 Å². The highest BCUT2D eigenvalue weighted by atomic mass is 32.2. The number of halogens is 1. The maximum atomic E-state index is 13.5. The molecule has 0 aliphatic carbocycles. The second-order valence-corrected chi connectivity index (χ2v) is 8.00. The van der Waals surface area contributed by atoms with E-state index in [0.717, 1.165) is 6.07 Å². The number of nitrogens with one attached hydrogen (secondary N) is 1. The molecule has 0 saturated heterocycles. The summed E-state index contributed by atoms with van der Waals surface area (Å²) in [5.41, 5.74) is 1.07. The van der Waals surface area contributed by atoms with Gasteiger partial charge in [0.25, 0.3) is 5.91 Å². The Kier molecular flexibility index (Phi) is 7.15. The number of benzene rings is 2. The largest absolute Gasteiger partial charge is 0.492 e. The Balaban J connectivity index is 2.44. The highest BCUT2D eigenvalue weighted by molar-refractivity contribution is 7.89. The molecule has 1 N–H and O–H groups in total. The van der Waals surface area contributed by atoms with Gasteiger partial charge in [-0.25, -0.2) is 12.8 Å². The van der Waals surface area contributed by atoms with E-state index in [1.165, 1.54) is 28.6 Å². The molecule has 0 fully saturated rings. The Morgan fingerprint density at radius 1 is 1.11 bits per heavy atom. The number of amides is 1. The Hall–Kier alpha value is -2.45. The number of hydrogen-bond donors (Lipinski definition) is 1. The second kappa shape index (κ2) is 9.16. The van der Waals surface area contributed by atoms with Crippen molar-refractivity contribution in [2.75, 3.05) is 25.0 Å². The van der Waals surface area contributed by atoms with Gasteiger partial charge >= 0.3 is 0 Å². The van der Waals surface area contributed by atoms with Crippen LogP contribution in [-0.4, -0.2) is 38.3 Å². The minimum absolute atomic E-state index is 0.0215. The number of aryl methyl sites for hydroxylation is 1. The van der Waals surface area contributed by atoms with Crippen molar-refractivity contribution in [3.05, 3.63) is 53.3 Å². The van der Waals surface area contributed by atoms with E-state index in [2.05, 4.69) is 5.32 Å². The van der Waals surface area contributed by atoms with Crippen molar-refractivity contribution in [1.82, 2.24) is 4.31 Å². The molecule has 0 saturated carbocycles. The van der Waals surface area contributed by atoms with E-state index in [4.69, 9.17) is 4.74 Å². The lowest BCUT2D eigenvalue weighted by atomic mass is 10.1. The molecule has 0 heterocycles. The lowest BCUT2D eigenvalue weighted by Crippen LogP contribution is -2.31. The van der Waals surface area contributed by atoms with E-state index < -0.39 is 21.7 Å². The zero-order valence-electron chi connectivity index (χ0n) is 16.5. The van der Waals surface area contributed by atoms with E-state index in [9.17, 15) is 17.6 Å². The van der Waals surface area contributed by atoms with Gasteiger partial charge in [0.15, 0.2) is 0 Å². The van der Waals surface area contributed by atoms with Crippen LogP contribution in [0, 0.1) is 12.7 Å². The number of sulfonamides is 1. The van der Waals surface area contributed by atoms with Crippen LogP contribution in [0.2, 0.25) is 0 Å². The number of ether oxygens (including phenoxy) is 1. The zero-order chi connectivity index (χ0) is 20.9. The van der Waals surface area contributed by atoms with Gasteiger partial charge in [0.05, 0.1) is 6.61 Å². The first-order chi connectivity index (χ1) is 13.2. The molecule has 28 heavy (non-hydrogen) atoms. The van der Waals surface area contributed by atoms with Crippen LogP contribution in [0.25, 0.3) is 0 Å². The van der Waals surface area contributed by atoms with Crippen LogP contribution < -0.4 is 10.1 Å². The summed E-state index contributed by atoms with van der Waals surface area (Å²) in [7, 11) is -3.79. The summed E-state index contributed by atoms with van der Waals surface area (Å²) in [6.07, 6.45) is 0. The minimum atomic E-state index is -3.79. The highest BCUT2D eigenvalue weighted by Crippen LogP contribution is 2.30. The standard InChI is InChI=1S/C20H25FN2O4S/c1-5-23(6-2)28(25,26)19-13-16(10-11-18(19)27-7-3)22-20(24)17-12-15(21)9-8-14(17)4/h8-13H,5-7H2,1-4H3,(H,22,24). The molecule has 2 aromatic rings. The average molecular weight is 408 g/mol. The Morgan fingerprint density at radius 2 is 1.79 bits per heavy atom. The number of rotatable bonds is 8. The molecule has 0 unspecified atom stereocenters. The van der Waals surface area contributed by atoms with Gasteiger partial charge < -0.3 is 10.1 Å². The van der Waals surface area contributed by atoms with Gasteiger partial charge in [-0.1, -0.05) is 19.9 Å². The molecule has 0 atom stereocenters. The number of nitrogens with zero attached hydrogens (tertiary/aromatic N) is 1. The predicted molar refractivity (Wildman–Crippen MR) is 107 cm³/mol. The van der Waals surface area contributed by atoms with Crippen molar-refractivity contribution in [1.29, 1.82) is 0 Å². The fourth-order valence-electron chi connectivity index (χ4n) is 2.80. The summed E-state index contributed by atoms with van der Waals surface area (Å²) in [5, 5.41) is 2.64. The smallest absolute Gasteiger partial charge is 0.256 e. The summed E-state index contributed by atoms with van der Waals surface area (Å²) >= 11 is 0. The van der Waals surface area contributed by atoms with Crippen LogP contribution in [0.3, 0.4) is 0 Å². The van der Waals surface area contributed by atoms with Crippen LogP contribution in [0.4, 0.5) is 10.1 Å². The van der Waals surface area contributed by atoms with Crippen molar-refractivity contribution in [2.24, 2.45) is 0 Å². The first-order valence-corrected chi connectivity index (χ1v) is 10.5. The topological polar surface area (TPSA) is 75.7 Å². The van der Waals surface area contributed by atoms with Gasteiger partial charge in [-0.3, -0.25) is 4.79 Å². The van der Waals surface area contributed by atoms with Crippen molar-refractivity contribution in [3.8, 4) is 5.75 Å². The first-order valence-electron chi connectivity index (χ1n) is 9.09. The Bertz CT molecular complexity index is 957. The van der Waals surface area contributed by atoms with Gasteiger partial charge in [-0.2, -0.15) is 4.31 Å².